The molecule has 3 heteroatoms. The lowest BCUT2D eigenvalue weighted by atomic mass is 10.1. The van der Waals surface area contributed by atoms with Crippen LogP contribution in [0, 0.1) is 0 Å². The molecule has 1 heterocycles. The molecule has 1 rings (SSSR count). The van der Waals surface area contributed by atoms with Crippen molar-refractivity contribution in [1.82, 2.24) is 4.98 Å². The molecule has 3 nitrogen and oxygen atoms in total. The topological polar surface area (TPSA) is 48.1 Å². The summed E-state index contributed by atoms with van der Waals surface area (Å²) in [6.07, 6.45) is 3.59. The molecule has 2 N–H and O–H groups in total. The molecule has 72 valence electrons. The lowest BCUT2D eigenvalue weighted by Crippen LogP contribution is -2.15. The van der Waals surface area contributed by atoms with Crippen LogP contribution >= 0.6 is 0 Å². The van der Waals surface area contributed by atoms with Crippen molar-refractivity contribution >= 4 is 0 Å². The van der Waals surface area contributed by atoms with Gasteiger partial charge >= 0.3 is 0 Å². The summed E-state index contributed by atoms with van der Waals surface area (Å²) in [6, 6.07) is 4.00. The molecular formula is C10H16N2O. The average molecular weight is 180 g/mol. The first-order valence-corrected chi connectivity index (χ1v) is 4.47. The third-order valence-electron chi connectivity index (χ3n) is 1.90. The molecule has 0 aliphatic carbocycles. The highest BCUT2D eigenvalue weighted by atomic mass is 16.5. The summed E-state index contributed by atoms with van der Waals surface area (Å²) < 4.78 is 5.17. The summed E-state index contributed by atoms with van der Waals surface area (Å²) in [7, 11) is 1.66. The van der Waals surface area contributed by atoms with Gasteiger partial charge in [-0.15, -0.1) is 0 Å². The third-order valence-corrected chi connectivity index (χ3v) is 1.90. The van der Waals surface area contributed by atoms with Crippen LogP contribution in [-0.4, -0.2) is 18.1 Å². The van der Waals surface area contributed by atoms with Crippen LogP contribution in [0.4, 0.5) is 0 Å². The molecule has 13 heavy (non-hydrogen) atoms. The Morgan fingerprint density at radius 2 is 2.38 bits per heavy atom. The van der Waals surface area contributed by atoms with Gasteiger partial charge in [0.2, 0.25) is 0 Å². The van der Waals surface area contributed by atoms with Crippen molar-refractivity contribution in [3.63, 3.8) is 0 Å². The molecule has 0 aliphatic rings. The van der Waals surface area contributed by atoms with Gasteiger partial charge in [-0.25, -0.2) is 0 Å². The maximum Gasteiger partial charge on any atom is 0.140 e. The van der Waals surface area contributed by atoms with Crippen molar-refractivity contribution < 1.29 is 4.74 Å². The fourth-order valence-corrected chi connectivity index (χ4v) is 1.16. The molecule has 1 atom stereocenters. The van der Waals surface area contributed by atoms with Gasteiger partial charge in [0, 0.05) is 12.2 Å². The van der Waals surface area contributed by atoms with E-state index in [4.69, 9.17) is 10.5 Å². The molecule has 0 fully saturated rings. The van der Waals surface area contributed by atoms with Crippen LogP contribution in [0.15, 0.2) is 18.3 Å². The average Bonchev–Trinajstić information content (AvgIpc) is 2.15. The first-order chi connectivity index (χ1) is 6.24. The molecule has 1 aromatic heterocycles. The molecule has 0 aliphatic heterocycles. The van der Waals surface area contributed by atoms with E-state index in [1.165, 1.54) is 0 Å². The summed E-state index contributed by atoms with van der Waals surface area (Å²) >= 11 is 0. The Kier molecular flexibility index (Phi) is 3.71. The largest absolute Gasteiger partial charge is 0.495 e. The van der Waals surface area contributed by atoms with E-state index in [0.29, 0.717) is 0 Å². The van der Waals surface area contributed by atoms with Crippen LogP contribution in [0.1, 0.15) is 19.0 Å². The van der Waals surface area contributed by atoms with Crippen LogP contribution in [0.3, 0.4) is 0 Å². The SMILES string of the molecule is COc1cccnc1CC[C@H](C)N. The standard InChI is InChI=1S/C10H16N2O/c1-8(11)5-6-9-10(13-2)4-3-7-12-9/h3-4,7-8H,5-6,11H2,1-2H3/t8-/m0/s1. The van der Waals surface area contributed by atoms with Crippen molar-refractivity contribution in [2.75, 3.05) is 7.11 Å². The van der Waals surface area contributed by atoms with E-state index >= 15 is 0 Å². The molecule has 0 aromatic carbocycles. The van der Waals surface area contributed by atoms with Crippen molar-refractivity contribution in [1.29, 1.82) is 0 Å². The maximum atomic E-state index is 5.66. The number of rotatable bonds is 4. The quantitative estimate of drug-likeness (QED) is 0.761. The fourth-order valence-electron chi connectivity index (χ4n) is 1.16. The van der Waals surface area contributed by atoms with Gasteiger partial charge in [0.05, 0.1) is 12.8 Å². The van der Waals surface area contributed by atoms with Gasteiger partial charge in [0.15, 0.2) is 0 Å². The first-order valence-electron chi connectivity index (χ1n) is 4.47. The van der Waals surface area contributed by atoms with Crippen LogP contribution in [0.5, 0.6) is 5.75 Å². The zero-order valence-corrected chi connectivity index (χ0v) is 8.16. The van der Waals surface area contributed by atoms with Crippen LogP contribution < -0.4 is 10.5 Å². The number of nitrogens with zero attached hydrogens (tertiary/aromatic N) is 1. The minimum absolute atomic E-state index is 0.215. The van der Waals surface area contributed by atoms with E-state index in [1.807, 2.05) is 19.1 Å². The Labute approximate surface area is 78.9 Å². The number of hydrogen-bond acceptors (Lipinski definition) is 3. The molecule has 0 unspecified atom stereocenters. The van der Waals surface area contributed by atoms with Crippen molar-refractivity contribution in [3.05, 3.63) is 24.0 Å². The van der Waals surface area contributed by atoms with Gasteiger partial charge < -0.3 is 10.5 Å². The summed E-state index contributed by atoms with van der Waals surface area (Å²) in [5, 5.41) is 0. The van der Waals surface area contributed by atoms with E-state index < -0.39 is 0 Å². The number of hydrogen-bond donors (Lipinski definition) is 1. The Bertz CT molecular complexity index is 261. The van der Waals surface area contributed by atoms with Gasteiger partial charge in [0.25, 0.3) is 0 Å². The van der Waals surface area contributed by atoms with Crippen molar-refractivity contribution in [2.45, 2.75) is 25.8 Å². The summed E-state index contributed by atoms with van der Waals surface area (Å²) in [4.78, 5) is 4.24. The minimum Gasteiger partial charge on any atom is -0.495 e. The Morgan fingerprint density at radius 3 is 3.00 bits per heavy atom. The molecule has 0 bridgehead atoms. The lowest BCUT2D eigenvalue weighted by Gasteiger charge is -2.08. The highest BCUT2D eigenvalue weighted by Gasteiger charge is 2.03. The summed E-state index contributed by atoms with van der Waals surface area (Å²) in [5.41, 5.74) is 6.65. The Balaban J connectivity index is 2.64. The van der Waals surface area contributed by atoms with Gasteiger partial charge in [0.1, 0.15) is 5.75 Å². The van der Waals surface area contributed by atoms with Gasteiger partial charge in [-0.05, 0) is 31.9 Å². The predicted molar refractivity (Wildman–Crippen MR) is 52.8 cm³/mol. The number of aromatic nitrogens is 1. The number of ether oxygens (including phenoxy) is 1. The van der Waals surface area contributed by atoms with Gasteiger partial charge in [-0.1, -0.05) is 0 Å². The Hall–Kier alpha value is -1.09. The second-order valence-corrected chi connectivity index (χ2v) is 3.17. The van der Waals surface area contributed by atoms with E-state index in [-0.39, 0.29) is 6.04 Å². The predicted octanol–water partition coefficient (Wildman–Crippen LogP) is 1.37. The van der Waals surface area contributed by atoms with Crippen LogP contribution in [0.25, 0.3) is 0 Å². The zero-order valence-electron chi connectivity index (χ0n) is 8.16. The van der Waals surface area contributed by atoms with Gasteiger partial charge in [-0.3, -0.25) is 4.98 Å². The summed E-state index contributed by atoms with van der Waals surface area (Å²) in [6.45, 7) is 2.00. The number of aryl methyl sites for hydroxylation is 1. The number of nitrogens with two attached hydrogens (primary N) is 1. The number of methoxy groups -OCH3 is 1. The highest BCUT2D eigenvalue weighted by Crippen LogP contribution is 2.16. The van der Waals surface area contributed by atoms with Gasteiger partial charge in [-0.2, -0.15) is 0 Å². The second kappa shape index (κ2) is 4.82. The monoisotopic (exact) mass is 180 g/mol. The van der Waals surface area contributed by atoms with E-state index in [9.17, 15) is 0 Å². The lowest BCUT2D eigenvalue weighted by molar-refractivity contribution is 0.405. The molecule has 0 radical (unpaired) electrons. The number of pyridine rings is 1. The fraction of sp³-hybridized carbons (Fsp3) is 0.500. The van der Waals surface area contributed by atoms with Crippen LogP contribution in [0.2, 0.25) is 0 Å². The first kappa shape index (κ1) is 9.99. The molecule has 0 saturated heterocycles. The molecule has 1 aromatic rings. The van der Waals surface area contributed by atoms with Crippen molar-refractivity contribution in [3.8, 4) is 5.75 Å². The highest BCUT2D eigenvalue weighted by molar-refractivity contribution is 5.26. The third kappa shape index (κ3) is 3.03. The molecular weight excluding hydrogens is 164 g/mol. The molecule has 0 saturated carbocycles. The van der Waals surface area contributed by atoms with E-state index in [2.05, 4.69) is 4.98 Å². The van der Waals surface area contributed by atoms with Crippen molar-refractivity contribution in [2.24, 2.45) is 5.73 Å². The maximum absolute atomic E-state index is 5.66. The second-order valence-electron chi connectivity index (χ2n) is 3.17. The zero-order chi connectivity index (χ0) is 9.68. The molecule has 0 amide bonds. The van der Waals surface area contributed by atoms with E-state index in [1.54, 1.807) is 13.3 Å². The normalized spacial score (nSPS) is 12.5. The molecule has 0 spiro atoms. The minimum atomic E-state index is 0.215. The Morgan fingerprint density at radius 1 is 1.62 bits per heavy atom. The smallest absolute Gasteiger partial charge is 0.140 e. The van der Waals surface area contributed by atoms with E-state index in [0.717, 1.165) is 24.3 Å². The summed E-state index contributed by atoms with van der Waals surface area (Å²) in [5.74, 6) is 0.850. The van der Waals surface area contributed by atoms with Crippen LogP contribution in [-0.2, 0) is 6.42 Å².